The summed E-state index contributed by atoms with van der Waals surface area (Å²) in [6.07, 6.45) is 4.90. The van der Waals surface area contributed by atoms with Gasteiger partial charge in [0.1, 0.15) is 5.69 Å². The molecule has 0 radical (unpaired) electrons. The number of hydrogen-bond acceptors (Lipinski definition) is 7. The molecule has 0 aliphatic carbocycles. The Bertz CT molecular complexity index is 528. The minimum Gasteiger partial charge on any atom is -0.384 e. The Kier molecular flexibility index (Phi) is 4.51. The molecular formula is C11H13N5O3. The number of rotatable bonds is 6. The van der Waals surface area contributed by atoms with Crippen LogP contribution in [-0.2, 0) is 17.7 Å². The van der Waals surface area contributed by atoms with Gasteiger partial charge in [0.2, 0.25) is 5.89 Å². The summed E-state index contributed by atoms with van der Waals surface area (Å²) in [7, 11) is 1.60. The van der Waals surface area contributed by atoms with E-state index in [1.807, 2.05) is 0 Å². The predicted octanol–water partition coefficient (Wildman–Crippen LogP) is -0.0215. The third kappa shape index (κ3) is 3.81. The lowest BCUT2D eigenvalue weighted by Gasteiger charge is -1.99. The second-order valence-corrected chi connectivity index (χ2v) is 3.62. The Labute approximate surface area is 109 Å². The first-order valence-electron chi connectivity index (χ1n) is 5.64. The van der Waals surface area contributed by atoms with E-state index in [2.05, 4.69) is 25.4 Å². The van der Waals surface area contributed by atoms with Crippen molar-refractivity contribution in [2.24, 2.45) is 0 Å². The first-order valence-corrected chi connectivity index (χ1v) is 5.64. The summed E-state index contributed by atoms with van der Waals surface area (Å²) in [5.41, 5.74) is 0.238. The highest BCUT2D eigenvalue weighted by Crippen LogP contribution is 1.99. The van der Waals surface area contributed by atoms with Crippen LogP contribution in [0.4, 0.5) is 0 Å². The van der Waals surface area contributed by atoms with E-state index >= 15 is 0 Å². The number of aromatic nitrogens is 4. The molecule has 0 spiro atoms. The fourth-order valence-corrected chi connectivity index (χ4v) is 1.32. The molecular weight excluding hydrogens is 250 g/mol. The molecule has 0 unspecified atom stereocenters. The number of carbonyl (C=O) groups is 1. The van der Waals surface area contributed by atoms with Gasteiger partial charge in [-0.2, -0.15) is 4.98 Å². The van der Waals surface area contributed by atoms with Crippen LogP contribution in [0.5, 0.6) is 0 Å². The van der Waals surface area contributed by atoms with Crippen LogP contribution in [0.3, 0.4) is 0 Å². The highest BCUT2D eigenvalue weighted by molar-refractivity contribution is 5.91. The maximum absolute atomic E-state index is 11.7. The number of amides is 1. The number of ether oxygens (including phenoxy) is 1. The summed E-state index contributed by atoms with van der Waals surface area (Å²) in [6, 6.07) is 0. The summed E-state index contributed by atoms with van der Waals surface area (Å²) in [6.45, 7) is 0.667. The van der Waals surface area contributed by atoms with E-state index < -0.39 is 0 Å². The second-order valence-electron chi connectivity index (χ2n) is 3.62. The zero-order valence-electron chi connectivity index (χ0n) is 10.4. The smallest absolute Gasteiger partial charge is 0.271 e. The molecule has 2 rings (SSSR count). The van der Waals surface area contributed by atoms with Crippen molar-refractivity contribution in [3.05, 3.63) is 36.0 Å². The van der Waals surface area contributed by atoms with E-state index in [-0.39, 0.29) is 18.1 Å². The highest BCUT2D eigenvalue weighted by Gasteiger charge is 2.10. The average molecular weight is 263 g/mol. The average Bonchev–Trinajstić information content (AvgIpc) is 2.91. The summed E-state index contributed by atoms with van der Waals surface area (Å²) < 4.78 is 9.88. The maximum atomic E-state index is 11.7. The van der Waals surface area contributed by atoms with Gasteiger partial charge in [-0.1, -0.05) is 5.16 Å². The molecule has 2 heterocycles. The van der Waals surface area contributed by atoms with Crippen LogP contribution in [0.15, 0.2) is 23.1 Å². The van der Waals surface area contributed by atoms with E-state index in [0.29, 0.717) is 24.7 Å². The van der Waals surface area contributed by atoms with Crippen LogP contribution in [0.25, 0.3) is 0 Å². The predicted molar refractivity (Wildman–Crippen MR) is 63.1 cm³/mol. The summed E-state index contributed by atoms with van der Waals surface area (Å²) in [5.74, 6) is 0.540. The van der Waals surface area contributed by atoms with E-state index in [1.165, 1.54) is 18.6 Å². The monoisotopic (exact) mass is 263 g/mol. The molecule has 0 fully saturated rings. The summed E-state index contributed by atoms with van der Waals surface area (Å²) >= 11 is 0. The van der Waals surface area contributed by atoms with Gasteiger partial charge in [0, 0.05) is 25.9 Å². The molecule has 2 aromatic heterocycles. The Balaban J connectivity index is 1.85. The highest BCUT2D eigenvalue weighted by atomic mass is 16.5. The number of nitrogens with zero attached hydrogens (tertiary/aromatic N) is 4. The second kappa shape index (κ2) is 6.55. The van der Waals surface area contributed by atoms with Gasteiger partial charge >= 0.3 is 0 Å². The lowest BCUT2D eigenvalue weighted by atomic mass is 10.4. The van der Waals surface area contributed by atoms with Gasteiger partial charge in [-0.3, -0.25) is 9.78 Å². The Morgan fingerprint density at radius 1 is 1.47 bits per heavy atom. The van der Waals surface area contributed by atoms with Crippen LogP contribution in [0.1, 0.15) is 22.2 Å². The SMILES string of the molecule is COCCc1noc(CNC(=O)c2cnccn2)n1. The van der Waals surface area contributed by atoms with E-state index in [4.69, 9.17) is 9.26 Å². The first-order chi connectivity index (χ1) is 9.29. The number of hydrogen-bond donors (Lipinski definition) is 1. The number of carbonyl (C=O) groups excluding carboxylic acids is 1. The van der Waals surface area contributed by atoms with Gasteiger partial charge in [0.15, 0.2) is 5.82 Å². The molecule has 0 atom stereocenters. The van der Waals surface area contributed by atoms with Gasteiger partial charge in [0.25, 0.3) is 5.91 Å². The molecule has 1 N–H and O–H groups in total. The van der Waals surface area contributed by atoms with Crippen LogP contribution in [-0.4, -0.2) is 39.7 Å². The first kappa shape index (κ1) is 13.1. The summed E-state index contributed by atoms with van der Waals surface area (Å²) in [5, 5.41) is 6.37. The van der Waals surface area contributed by atoms with Gasteiger partial charge in [0.05, 0.1) is 19.3 Å². The largest absolute Gasteiger partial charge is 0.384 e. The fourth-order valence-electron chi connectivity index (χ4n) is 1.32. The van der Waals surface area contributed by atoms with Crippen molar-refractivity contribution in [2.75, 3.05) is 13.7 Å². The normalized spacial score (nSPS) is 10.4. The molecule has 0 aromatic carbocycles. The summed E-state index contributed by atoms with van der Waals surface area (Å²) in [4.78, 5) is 23.5. The number of nitrogens with one attached hydrogen (secondary N) is 1. The Morgan fingerprint density at radius 3 is 3.11 bits per heavy atom. The molecule has 0 aliphatic heterocycles. The van der Waals surface area contributed by atoms with Crippen LogP contribution in [0.2, 0.25) is 0 Å². The number of methoxy groups -OCH3 is 1. The molecule has 0 aliphatic rings. The van der Waals surface area contributed by atoms with E-state index in [9.17, 15) is 4.79 Å². The van der Waals surface area contributed by atoms with Gasteiger partial charge in [-0.05, 0) is 0 Å². The molecule has 8 nitrogen and oxygen atoms in total. The molecule has 0 saturated heterocycles. The molecule has 0 saturated carbocycles. The Hall–Kier alpha value is -2.35. The van der Waals surface area contributed by atoms with E-state index in [0.717, 1.165) is 0 Å². The van der Waals surface area contributed by atoms with Crippen molar-refractivity contribution in [2.45, 2.75) is 13.0 Å². The minimum atomic E-state index is -0.343. The third-order valence-corrected chi connectivity index (χ3v) is 2.24. The van der Waals surface area contributed by atoms with Gasteiger partial charge in [-0.15, -0.1) is 0 Å². The van der Waals surface area contributed by atoms with Crippen molar-refractivity contribution >= 4 is 5.91 Å². The molecule has 1 amide bonds. The molecule has 0 bridgehead atoms. The maximum Gasteiger partial charge on any atom is 0.271 e. The lowest BCUT2D eigenvalue weighted by molar-refractivity contribution is 0.0941. The third-order valence-electron chi connectivity index (χ3n) is 2.24. The van der Waals surface area contributed by atoms with Crippen molar-refractivity contribution in [3.8, 4) is 0 Å². The van der Waals surface area contributed by atoms with Gasteiger partial charge < -0.3 is 14.6 Å². The van der Waals surface area contributed by atoms with Crippen molar-refractivity contribution in [1.29, 1.82) is 0 Å². The Morgan fingerprint density at radius 2 is 2.37 bits per heavy atom. The van der Waals surface area contributed by atoms with Crippen LogP contribution >= 0.6 is 0 Å². The molecule has 2 aromatic rings. The standard InChI is InChI=1S/C11H13N5O3/c1-18-5-2-9-15-10(19-16-9)7-14-11(17)8-6-12-3-4-13-8/h3-4,6H,2,5,7H2,1H3,(H,14,17). The topological polar surface area (TPSA) is 103 Å². The van der Waals surface area contributed by atoms with Gasteiger partial charge in [-0.25, -0.2) is 4.98 Å². The van der Waals surface area contributed by atoms with Crippen molar-refractivity contribution in [3.63, 3.8) is 0 Å². The molecule has 100 valence electrons. The van der Waals surface area contributed by atoms with E-state index in [1.54, 1.807) is 7.11 Å². The quantitative estimate of drug-likeness (QED) is 0.781. The molecule has 19 heavy (non-hydrogen) atoms. The zero-order chi connectivity index (χ0) is 13.5. The van der Waals surface area contributed by atoms with Crippen LogP contribution in [0, 0.1) is 0 Å². The minimum absolute atomic E-state index is 0.148. The lowest BCUT2D eigenvalue weighted by Crippen LogP contribution is -2.24. The fraction of sp³-hybridized carbons (Fsp3) is 0.364. The van der Waals surface area contributed by atoms with Crippen molar-refractivity contribution < 1.29 is 14.1 Å². The zero-order valence-corrected chi connectivity index (χ0v) is 10.4. The van der Waals surface area contributed by atoms with Crippen LogP contribution < -0.4 is 5.32 Å². The van der Waals surface area contributed by atoms with Crippen molar-refractivity contribution in [1.82, 2.24) is 25.4 Å². The molecule has 8 heteroatoms.